The maximum atomic E-state index is 12.6. The Kier molecular flexibility index (Phi) is 7.66. The molecule has 3 aliphatic carbocycles. The molecule has 8 heteroatoms. The molecule has 1 heterocycles. The molecule has 0 radical (unpaired) electrons. The van der Waals surface area contributed by atoms with Crippen LogP contribution >= 0.6 is 0 Å². The number of rotatable bonds is 6. The zero-order valence-electron chi connectivity index (χ0n) is 22.7. The van der Waals surface area contributed by atoms with Crippen molar-refractivity contribution in [3.8, 4) is 0 Å². The summed E-state index contributed by atoms with van der Waals surface area (Å²) in [6.45, 7) is 13.3. The summed E-state index contributed by atoms with van der Waals surface area (Å²) in [6.07, 6.45) is -0.256. The molecular weight excluding hydrogens is 464 g/mol. The van der Waals surface area contributed by atoms with E-state index in [1.54, 1.807) is 19.9 Å². The Hall–Kier alpha value is -1.48. The third-order valence-corrected chi connectivity index (χ3v) is 9.83. The van der Waals surface area contributed by atoms with Gasteiger partial charge >= 0.3 is 11.9 Å². The van der Waals surface area contributed by atoms with Gasteiger partial charge in [-0.3, -0.25) is 4.79 Å². The number of hydrogen-bond donors (Lipinski definition) is 2. The molecule has 4 rings (SSSR count). The summed E-state index contributed by atoms with van der Waals surface area (Å²) in [5.74, 6) is 1.56. The number of aliphatic hydroxyl groups excluding tert-OH is 2. The van der Waals surface area contributed by atoms with E-state index in [1.165, 1.54) is 6.92 Å². The minimum atomic E-state index is -1.39. The molecule has 2 N–H and O–H groups in total. The number of fused-ring (bicyclic) bond motifs is 3. The molecule has 0 bridgehead atoms. The third-order valence-electron chi connectivity index (χ3n) is 9.83. The van der Waals surface area contributed by atoms with Gasteiger partial charge in [-0.25, -0.2) is 4.79 Å². The zero-order chi connectivity index (χ0) is 26.6. The van der Waals surface area contributed by atoms with Gasteiger partial charge in [0.25, 0.3) is 0 Å². The molecule has 0 aromatic heterocycles. The molecule has 0 aromatic rings. The van der Waals surface area contributed by atoms with Gasteiger partial charge < -0.3 is 29.2 Å². The summed E-state index contributed by atoms with van der Waals surface area (Å²) in [4.78, 5) is 24.7. The Bertz CT molecular complexity index is 883. The van der Waals surface area contributed by atoms with Crippen LogP contribution in [0.1, 0.15) is 74.1 Å². The second-order valence-electron chi connectivity index (χ2n) is 12.3. The van der Waals surface area contributed by atoms with Crippen molar-refractivity contribution in [2.75, 3.05) is 6.61 Å². The Morgan fingerprint density at radius 2 is 1.75 bits per heavy atom. The minimum absolute atomic E-state index is 0.316. The molecule has 36 heavy (non-hydrogen) atoms. The van der Waals surface area contributed by atoms with Crippen LogP contribution in [0.3, 0.4) is 0 Å². The smallest absolute Gasteiger partial charge is 0.333 e. The largest absolute Gasteiger partial charge is 0.453 e. The summed E-state index contributed by atoms with van der Waals surface area (Å²) in [5, 5.41) is 20.9. The Labute approximate surface area is 214 Å². The quantitative estimate of drug-likeness (QED) is 0.415. The Balaban J connectivity index is 1.64. The van der Waals surface area contributed by atoms with Gasteiger partial charge in [0.1, 0.15) is 12.2 Å². The van der Waals surface area contributed by atoms with E-state index in [4.69, 9.17) is 18.9 Å². The highest BCUT2D eigenvalue weighted by Gasteiger charge is 2.67. The van der Waals surface area contributed by atoms with Gasteiger partial charge in [-0.15, -0.1) is 0 Å². The van der Waals surface area contributed by atoms with E-state index in [9.17, 15) is 19.8 Å². The van der Waals surface area contributed by atoms with Crippen LogP contribution in [-0.2, 0) is 28.5 Å². The molecule has 4 fully saturated rings. The van der Waals surface area contributed by atoms with E-state index < -0.39 is 54.9 Å². The molecule has 8 nitrogen and oxygen atoms in total. The number of aliphatic hydroxyl groups is 2. The van der Waals surface area contributed by atoms with E-state index in [0.717, 1.165) is 25.7 Å². The fourth-order valence-corrected chi connectivity index (χ4v) is 7.60. The van der Waals surface area contributed by atoms with Crippen LogP contribution in [0.25, 0.3) is 0 Å². The predicted molar refractivity (Wildman–Crippen MR) is 131 cm³/mol. The number of carbonyl (C=O) groups excluding carboxylic acids is 2. The fraction of sp³-hybridized carbons (Fsp3) is 0.857. The maximum Gasteiger partial charge on any atom is 0.333 e. The number of allylic oxidation sites excluding steroid dienone is 1. The van der Waals surface area contributed by atoms with E-state index in [2.05, 4.69) is 27.7 Å². The molecule has 3 saturated carbocycles. The zero-order valence-corrected chi connectivity index (χ0v) is 22.7. The monoisotopic (exact) mass is 508 g/mol. The first-order valence-electron chi connectivity index (χ1n) is 13.5. The third kappa shape index (κ3) is 4.74. The molecule has 4 aliphatic rings. The fourth-order valence-electron chi connectivity index (χ4n) is 7.60. The van der Waals surface area contributed by atoms with Crippen molar-refractivity contribution in [2.24, 2.45) is 35.0 Å². The summed E-state index contributed by atoms with van der Waals surface area (Å²) >= 11 is 0. The molecular formula is C28H44O8. The van der Waals surface area contributed by atoms with Gasteiger partial charge in [0.2, 0.25) is 0 Å². The standard InChI is InChI=1S/C28H44O8/c1-8-14(2)25(32)35-23-22(31)19(13-29)34-26(24(23)33-16(4)30)36-28(7)12-11-18-21(27(18,5)6)20-15(3)9-10-17(20)28/h8,15,17-24,26,29,31H,9-13H2,1-7H3/b14-8-/t15-,17+,18-,19-,20-,21-,22-,23+,24-,26+,28-/m1/s1. The second-order valence-corrected chi connectivity index (χ2v) is 12.3. The summed E-state index contributed by atoms with van der Waals surface area (Å²) in [5.41, 5.74) is 0.159. The van der Waals surface area contributed by atoms with E-state index >= 15 is 0 Å². The Morgan fingerprint density at radius 3 is 2.36 bits per heavy atom. The van der Waals surface area contributed by atoms with Crippen LogP contribution < -0.4 is 0 Å². The highest BCUT2D eigenvalue weighted by Crippen LogP contribution is 2.71. The van der Waals surface area contributed by atoms with Gasteiger partial charge in [-0.2, -0.15) is 0 Å². The topological polar surface area (TPSA) is 112 Å². The van der Waals surface area contributed by atoms with E-state index in [-0.39, 0.29) is 0 Å². The first kappa shape index (κ1) is 27.6. The lowest BCUT2D eigenvalue weighted by molar-refractivity contribution is -0.335. The van der Waals surface area contributed by atoms with E-state index in [1.807, 2.05) is 0 Å². The van der Waals surface area contributed by atoms with Gasteiger partial charge in [0, 0.05) is 12.5 Å². The molecule has 1 aliphatic heterocycles. The number of carbonyl (C=O) groups is 2. The van der Waals surface area contributed by atoms with E-state index in [0.29, 0.717) is 40.6 Å². The van der Waals surface area contributed by atoms with Gasteiger partial charge in [-0.1, -0.05) is 33.3 Å². The summed E-state index contributed by atoms with van der Waals surface area (Å²) in [7, 11) is 0. The maximum absolute atomic E-state index is 12.6. The van der Waals surface area contributed by atoms with Gasteiger partial charge in [0.15, 0.2) is 18.5 Å². The van der Waals surface area contributed by atoms with Crippen LogP contribution in [0.5, 0.6) is 0 Å². The molecule has 0 spiro atoms. The van der Waals surface area contributed by atoms with Crippen LogP contribution in [0, 0.1) is 35.0 Å². The van der Waals surface area contributed by atoms with Gasteiger partial charge in [0.05, 0.1) is 12.2 Å². The van der Waals surface area contributed by atoms with Crippen molar-refractivity contribution < 1.29 is 38.7 Å². The highest BCUT2D eigenvalue weighted by molar-refractivity contribution is 5.87. The van der Waals surface area contributed by atoms with Crippen molar-refractivity contribution in [2.45, 2.75) is 110 Å². The SMILES string of the molecule is C/C=C(/C)C(=O)O[C@H]1[C@H](O)[C@@H](CO)O[C@@H](O[C@]2(C)CC[C@@H]3[C@H]([C@@H]4[C@H](C)CC[C@@H]42)C3(C)C)[C@@H]1OC(C)=O. The van der Waals surface area contributed by atoms with Crippen molar-refractivity contribution in [3.63, 3.8) is 0 Å². The first-order chi connectivity index (χ1) is 16.9. The average molecular weight is 509 g/mol. The van der Waals surface area contributed by atoms with Crippen molar-refractivity contribution in [1.82, 2.24) is 0 Å². The van der Waals surface area contributed by atoms with Crippen LogP contribution in [0.4, 0.5) is 0 Å². The predicted octanol–water partition coefficient (Wildman–Crippen LogP) is 3.38. The van der Waals surface area contributed by atoms with Crippen molar-refractivity contribution >= 4 is 11.9 Å². The average Bonchev–Trinajstić information content (AvgIpc) is 3.19. The van der Waals surface area contributed by atoms with Crippen molar-refractivity contribution in [1.29, 1.82) is 0 Å². The summed E-state index contributed by atoms with van der Waals surface area (Å²) < 4.78 is 24.0. The summed E-state index contributed by atoms with van der Waals surface area (Å²) in [6, 6.07) is 0. The van der Waals surface area contributed by atoms with Crippen molar-refractivity contribution in [3.05, 3.63) is 11.6 Å². The molecule has 204 valence electrons. The van der Waals surface area contributed by atoms with Crippen LogP contribution in [0.15, 0.2) is 11.6 Å². The Morgan fingerprint density at radius 1 is 1.06 bits per heavy atom. The normalized spacial score (nSPS) is 45.8. The lowest BCUT2D eigenvalue weighted by atomic mass is 9.74. The molecule has 0 unspecified atom stereocenters. The lowest BCUT2D eigenvalue weighted by Crippen LogP contribution is -2.63. The van der Waals surface area contributed by atoms with Crippen LogP contribution in [0.2, 0.25) is 0 Å². The minimum Gasteiger partial charge on any atom is -0.453 e. The first-order valence-corrected chi connectivity index (χ1v) is 13.5. The molecule has 0 aromatic carbocycles. The molecule has 0 amide bonds. The molecule has 1 saturated heterocycles. The molecule has 11 atom stereocenters. The number of hydrogen-bond acceptors (Lipinski definition) is 8. The highest BCUT2D eigenvalue weighted by atomic mass is 16.7. The lowest BCUT2D eigenvalue weighted by Gasteiger charge is -2.48. The number of ether oxygens (including phenoxy) is 4. The van der Waals surface area contributed by atoms with Gasteiger partial charge in [-0.05, 0) is 75.0 Å². The number of esters is 2. The van der Waals surface area contributed by atoms with Crippen LogP contribution in [-0.4, -0.2) is 65.1 Å². The second kappa shape index (κ2) is 10.0.